The van der Waals surface area contributed by atoms with Gasteiger partial charge >= 0.3 is 0 Å². The lowest BCUT2D eigenvalue weighted by molar-refractivity contribution is -0.385. The molecule has 1 aromatic carbocycles. The lowest BCUT2D eigenvalue weighted by atomic mass is 10.1. The van der Waals surface area contributed by atoms with Crippen LogP contribution in [-0.2, 0) is 4.79 Å². The third-order valence-electron chi connectivity index (χ3n) is 3.01. The van der Waals surface area contributed by atoms with Crippen LogP contribution in [0.3, 0.4) is 0 Å². The molecule has 0 aromatic heterocycles. The van der Waals surface area contributed by atoms with Crippen molar-refractivity contribution in [2.24, 2.45) is 0 Å². The number of nitrogens with zero attached hydrogens (tertiary/aromatic N) is 2. The highest BCUT2D eigenvalue weighted by molar-refractivity contribution is 5.99. The summed E-state index contributed by atoms with van der Waals surface area (Å²) in [6.07, 6.45) is 0.151. The Balaban J connectivity index is 2.30. The Morgan fingerprint density at radius 2 is 2.15 bits per heavy atom. The van der Waals surface area contributed by atoms with Gasteiger partial charge in [0, 0.05) is 32.1 Å². The quantitative estimate of drug-likeness (QED) is 0.595. The molecule has 1 aromatic rings. The van der Waals surface area contributed by atoms with E-state index >= 15 is 0 Å². The summed E-state index contributed by atoms with van der Waals surface area (Å²) >= 11 is 0. The molecule has 1 heterocycles. The number of benzene rings is 1. The standard InChI is InChI=1S/C12H13N3O5/c16-8-1-2-10(15(19)20)9(7-8)12(18)14-5-3-11(17)13-4-6-14/h1-2,7,16H,3-6H2,(H,13,17). The summed E-state index contributed by atoms with van der Waals surface area (Å²) < 4.78 is 0. The van der Waals surface area contributed by atoms with Crippen molar-refractivity contribution in [3.8, 4) is 5.75 Å². The van der Waals surface area contributed by atoms with Crippen molar-refractivity contribution in [2.45, 2.75) is 6.42 Å². The molecular weight excluding hydrogens is 266 g/mol. The summed E-state index contributed by atoms with van der Waals surface area (Å²) in [5.74, 6) is -0.946. The molecule has 1 fully saturated rings. The molecular formula is C12H13N3O5. The fourth-order valence-electron chi connectivity index (χ4n) is 1.99. The maximum Gasteiger partial charge on any atom is 0.282 e. The van der Waals surface area contributed by atoms with E-state index in [0.29, 0.717) is 6.54 Å². The molecule has 1 saturated heterocycles. The molecule has 20 heavy (non-hydrogen) atoms. The number of rotatable bonds is 2. The average Bonchev–Trinajstić information content (AvgIpc) is 2.62. The molecule has 1 aliphatic heterocycles. The molecule has 0 atom stereocenters. The van der Waals surface area contributed by atoms with E-state index in [1.165, 1.54) is 4.90 Å². The van der Waals surface area contributed by atoms with E-state index in [4.69, 9.17) is 0 Å². The van der Waals surface area contributed by atoms with Gasteiger partial charge in [0.05, 0.1) is 4.92 Å². The first-order valence-electron chi connectivity index (χ1n) is 6.02. The van der Waals surface area contributed by atoms with E-state index in [-0.39, 0.29) is 42.4 Å². The number of carbonyl (C=O) groups is 2. The van der Waals surface area contributed by atoms with Crippen LogP contribution in [-0.4, -0.2) is 46.4 Å². The van der Waals surface area contributed by atoms with Crippen molar-refractivity contribution in [1.82, 2.24) is 10.2 Å². The van der Waals surface area contributed by atoms with E-state index < -0.39 is 10.8 Å². The molecule has 8 nitrogen and oxygen atoms in total. The fraction of sp³-hybridized carbons (Fsp3) is 0.333. The van der Waals surface area contributed by atoms with Crippen LogP contribution in [0.2, 0.25) is 0 Å². The molecule has 0 bridgehead atoms. The van der Waals surface area contributed by atoms with Crippen LogP contribution >= 0.6 is 0 Å². The zero-order chi connectivity index (χ0) is 14.7. The molecule has 1 aliphatic rings. The molecule has 0 aliphatic carbocycles. The number of aromatic hydroxyl groups is 1. The summed E-state index contributed by atoms with van der Waals surface area (Å²) in [7, 11) is 0. The highest BCUT2D eigenvalue weighted by atomic mass is 16.6. The van der Waals surface area contributed by atoms with Crippen LogP contribution < -0.4 is 5.32 Å². The smallest absolute Gasteiger partial charge is 0.282 e. The number of nitro groups is 1. The molecule has 0 saturated carbocycles. The second-order valence-corrected chi connectivity index (χ2v) is 4.35. The highest BCUT2D eigenvalue weighted by Crippen LogP contribution is 2.24. The summed E-state index contributed by atoms with van der Waals surface area (Å²) in [5, 5.41) is 22.9. The van der Waals surface area contributed by atoms with E-state index in [2.05, 4.69) is 5.32 Å². The lowest BCUT2D eigenvalue weighted by Gasteiger charge is -2.19. The molecule has 2 rings (SSSR count). The van der Waals surface area contributed by atoms with Gasteiger partial charge in [-0.2, -0.15) is 0 Å². The lowest BCUT2D eigenvalue weighted by Crippen LogP contribution is -2.34. The normalized spacial score (nSPS) is 15.4. The third-order valence-corrected chi connectivity index (χ3v) is 3.01. The van der Waals surface area contributed by atoms with Crippen molar-refractivity contribution in [3.63, 3.8) is 0 Å². The van der Waals surface area contributed by atoms with Gasteiger partial charge in [0.2, 0.25) is 5.91 Å². The SMILES string of the molecule is O=C1CCN(C(=O)c2cc(O)ccc2[N+](=O)[O-])CCN1. The van der Waals surface area contributed by atoms with Crippen LogP contribution in [0.5, 0.6) is 5.75 Å². The fourth-order valence-corrected chi connectivity index (χ4v) is 1.99. The van der Waals surface area contributed by atoms with E-state index in [0.717, 1.165) is 18.2 Å². The zero-order valence-electron chi connectivity index (χ0n) is 10.5. The number of hydrogen-bond donors (Lipinski definition) is 2. The van der Waals surface area contributed by atoms with E-state index in [1.54, 1.807) is 0 Å². The number of nitro benzene ring substituents is 1. The van der Waals surface area contributed by atoms with Crippen LogP contribution in [0, 0.1) is 10.1 Å². The minimum atomic E-state index is -0.673. The highest BCUT2D eigenvalue weighted by Gasteiger charge is 2.26. The van der Waals surface area contributed by atoms with Gasteiger partial charge in [-0.15, -0.1) is 0 Å². The second-order valence-electron chi connectivity index (χ2n) is 4.35. The topological polar surface area (TPSA) is 113 Å². The van der Waals surface area contributed by atoms with Gasteiger partial charge in [-0.1, -0.05) is 0 Å². The Bertz CT molecular complexity index is 572. The Labute approximate surface area is 114 Å². The Hall–Kier alpha value is -2.64. The van der Waals surface area contributed by atoms with Crippen LogP contribution in [0.1, 0.15) is 16.8 Å². The van der Waals surface area contributed by atoms with Crippen molar-refractivity contribution in [1.29, 1.82) is 0 Å². The third kappa shape index (κ3) is 2.85. The van der Waals surface area contributed by atoms with Gasteiger partial charge < -0.3 is 15.3 Å². The minimum Gasteiger partial charge on any atom is -0.508 e. The average molecular weight is 279 g/mol. The molecule has 8 heteroatoms. The first kappa shape index (κ1) is 13.8. The Morgan fingerprint density at radius 1 is 1.40 bits per heavy atom. The van der Waals surface area contributed by atoms with Crippen molar-refractivity contribution < 1.29 is 19.6 Å². The van der Waals surface area contributed by atoms with Crippen LogP contribution in [0.15, 0.2) is 18.2 Å². The summed E-state index contributed by atoms with van der Waals surface area (Å²) in [5.41, 5.74) is -0.541. The first-order valence-corrected chi connectivity index (χ1v) is 6.02. The van der Waals surface area contributed by atoms with Crippen LogP contribution in [0.25, 0.3) is 0 Å². The Morgan fingerprint density at radius 3 is 2.85 bits per heavy atom. The molecule has 2 amide bonds. The van der Waals surface area contributed by atoms with Crippen LogP contribution in [0.4, 0.5) is 5.69 Å². The molecule has 0 radical (unpaired) electrons. The van der Waals surface area contributed by atoms with Gasteiger partial charge in [0.15, 0.2) is 0 Å². The summed E-state index contributed by atoms with van der Waals surface area (Å²) in [6.45, 7) is 0.770. The number of phenolic OH excluding ortho intramolecular Hbond substituents is 1. The van der Waals surface area contributed by atoms with Gasteiger partial charge in [-0.25, -0.2) is 0 Å². The van der Waals surface area contributed by atoms with Crippen molar-refractivity contribution >= 4 is 17.5 Å². The maximum atomic E-state index is 12.3. The summed E-state index contributed by atoms with van der Waals surface area (Å²) in [4.78, 5) is 35.1. The van der Waals surface area contributed by atoms with Crippen molar-refractivity contribution in [2.75, 3.05) is 19.6 Å². The Kier molecular flexibility index (Phi) is 3.83. The number of carbonyl (C=O) groups excluding carboxylic acids is 2. The number of hydrogen-bond acceptors (Lipinski definition) is 5. The number of phenols is 1. The molecule has 0 unspecified atom stereocenters. The molecule has 0 spiro atoms. The van der Waals surface area contributed by atoms with Crippen molar-refractivity contribution in [3.05, 3.63) is 33.9 Å². The minimum absolute atomic E-state index is 0.151. The zero-order valence-corrected chi connectivity index (χ0v) is 10.5. The predicted octanol–water partition coefficient (Wildman–Crippen LogP) is 0.263. The van der Waals surface area contributed by atoms with Gasteiger partial charge in [-0.3, -0.25) is 19.7 Å². The largest absolute Gasteiger partial charge is 0.508 e. The summed E-state index contributed by atoms with van der Waals surface area (Å²) in [6, 6.07) is 3.31. The van der Waals surface area contributed by atoms with E-state index in [1.807, 2.05) is 0 Å². The molecule has 2 N–H and O–H groups in total. The monoisotopic (exact) mass is 279 g/mol. The predicted molar refractivity (Wildman–Crippen MR) is 68.3 cm³/mol. The van der Waals surface area contributed by atoms with Gasteiger partial charge in [-0.05, 0) is 12.1 Å². The first-order chi connectivity index (χ1) is 9.49. The second kappa shape index (κ2) is 5.55. The maximum absolute atomic E-state index is 12.3. The number of amides is 2. The molecule has 106 valence electrons. The van der Waals surface area contributed by atoms with Gasteiger partial charge in [0.25, 0.3) is 11.6 Å². The van der Waals surface area contributed by atoms with E-state index in [9.17, 15) is 24.8 Å². The number of nitrogens with one attached hydrogen (secondary N) is 1. The van der Waals surface area contributed by atoms with Gasteiger partial charge in [0.1, 0.15) is 11.3 Å².